The average Bonchev–Trinajstić information content (AvgIpc) is 3.19. The molecule has 6 heteroatoms. The first kappa shape index (κ1) is 13.2. The summed E-state index contributed by atoms with van der Waals surface area (Å²) in [7, 11) is 2.04. The average molecular weight is 282 g/mol. The third kappa shape index (κ3) is 2.89. The Balaban J connectivity index is 1.77. The first-order valence-electron chi connectivity index (χ1n) is 7.30. The Kier molecular flexibility index (Phi) is 3.98. The van der Waals surface area contributed by atoms with Crippen molar-refractivity contribution in [2.75, 3.05) is 7.05 Å². The predicted octanol–water partition coefficient (Wildman–Crippen LogP) is 1.92. The maximum atomic E-state index is 11.8. The number of H-pyrrole nitrogens is 1. The summed E-state index contributed by atoms with van der Waals surface area (Å²) in [6.45, 7) is 0. The zero-order chi connectivity index (χ0) is 13.2. The van der Waals surface area contributed by atoms with Gasteiger partial charge in [-0.25, -0.2) is 9.89 Å². The van der Waals surface area contributed by atoms with Gasteiger partial charge in [-0.3, -0.25) is 4.57 Å². The number of aromatic amines is 1. The molecule has 0 saturated heterocycles. The fourth-order valence-corrected chi connectivity index (χ4v) is 4.34. The predicted molar refractivity (Wildman–Crippen MR) is 76.7 cm³/mol. The minimum absolute atomic E-state index is 0.0420. The van der Waals surface area contributed by atoms with Crippen LogP contribution in [0.2, 0.25) is 0 Å². The van der Waals surface area contributed by atoms with Crippen LogP contribution in [0, 0.1) is 0 Å². The van der Waals surface area contributed by atoms with Crippen LogP contribution in [0.15, 0.2) is 9.95 Å². The van der Waals surface area contributed by atoms with Crippen molar-refractivity contribution >= 4 is 11.8 Å². The van der Waals surface area contributed by atoms with Gasteiger partial charge in [0.2, 0.25) is 0 Å². The number of nitrogens with one attached hydrogen (secondary N) is 2. The second-order valence-corrected chi connectivity index (χ2v) is 6.81. The van der Waals surface area contributed by atoms with Gasteiger partial charge in [0.15, 0.2) is 5.16 Å². The zero-order valence-electron chi connectivity index (χ0n) is 11.4. The van der Waals surface area contributed by atoms with Crippen molar-refractivity contribution in [3.8, 4) is 0 Å². The standard InChI is InChI=1S/C13H22N4OS/c1-14-10-5-3-2-4-6-11(10)19-13-16-15-12(18)17(13)9-7-8-9/h9-11,14H,2-8H2,1H3,(H,15,18). The van der Waals surface area contributed by atoms with E-state index >= 15 is 0 Å². The summed E-state index contributed by atoms with van der Waals surface area (Å²) in [5.74, 6) is 0. The van der Waals surface area contributed by atoms with E-state index in [0.717, 1.165) is 18.0 Å². The molecule has 106 valence electrons. The van der Waals surface area contributed by atoms with Gasteiger partial charge >= 0.3 is 5.69 Å². The summed E-state index contributed by atoms with van der Waals surface area (Å²) < 4.78 is 1.86. The van der Waals surface area contributed by atoms with E-state index in [0.29, 0.717) is 17.3 Å². The van der Waals surface area contributed by atoms with Crippen LogP contribution >= 0.6 is 11.8 Å². The van der Waals surface area contributed by atoms with E-state index in [1.54, 1.807) is 11.8 Å². The molecule has 2 N–H and O–H groups in total. The summed E-state index contributed by atoms with van der Waals surface area (Å²) in [6.07, 6.45) is 8.59. The molecule has 1 aromatic heterocycles. The highest BCUT2D eigenvalue weighted by atomic mass is 32.2. The molecule has 2 atom stereocenters. The van der Waals surface area contributed by atoms with Gasteiger partial charge in [0, 0.05) is 17.3 Å². The van der Waals surface area contributed by atoms with E-state index in [1.165, 1.54) is 32.1 Å². The smallest absolute Gasteiger partial charge is 0.316 e. The van der Waals surface area contributed by atoms with Crippen molar-refractivity contribution in [3.63, 3.8) is 0 Å². The van der Waals surface area contributed by atoms with Gasteiger partial charge in [-0.15, -0.1) is 5.10 Å². The maximum absolute atomic E-state index is 11.8. The number of thioether (sulfide) groups is 1. The van der Waals surface area contributed by atoms with Crippen LogP contribution < -0.4 is 11.0 Å². The third-order valence-corrected chi connectivity index (χ3v) is 5.53. The van der Waals surface area contributed by atoms with Gasteiger partial charge in [-0.05, 0) is 32.7 Å². The number of aromatic nitrogens is 3. The summed E-state index contributed by atoms with van der Waals surface area (Å²) in [4.78, 5) is 11.8. The Morgan fingerprint density at radius 2 is 2.05 bits per heavy atom. The van der Waals surface area contributed by atoms with Crippen molar-refractivity contribution < 1.29 is 0 Å². The van der Waals surface area contributed by atoms with E-state index in [4.69, 9.17) is 0 Å². The first-order valence-corrected chi connectivity index (χ1v) is 8.18. The molecule has 1 aromatic rings. The lowest BCUT2D eigenvalue weighted by atomic mass is 10.1. The monoisotopic (exact) mass is 282 g/mol. The minimum Gasteiger partial charge on any atom is -0.316 e. The van der Waals surface area contributed by atoms with E-state index < -0.39 is 0 Å². The van der Waals surface area contributed by atoms with E-state index in [-0.39, 0.29) is 5.69 Å². The molecule has 2 unspecified atom stereocenters. The SMILES string of the molecule is CNC1CCCCCC1Sc1n[nH]c(=O)n1C1CC1. The van der Waals surface area contributed by atoms with Crippen molar-refractivity contribution in [1.29, 1.82) is 0 Å². The lowest BCUT2D eigenvalue weighted by molar-refractivity contribution is 0.508. The lowest BCUT2D eigenvalue weighted by Gasteiger charge is -2.23. The molecule has 0 bridgehead atoms. The second kappa shape index (κ2) is 5.71. The fourth-order valence-electron chi connectivity index (χ4n) is 2.91. The first-order chi connectivity index (χ1) is 9.29. The summed E-state index contributed by atoms with van der Waals surface area (Å²) >= 11 is 1.78. The van der Waals surface area contributed by atoms with E-state index in [9.17, 15) is 4.79 Å². The van der Waals surface area contributed by atoms with Gasteiger partial charge in [0.1, 0.15) is 0 Å². The number of hydrogen-bond acceptors (Lipinski definition) is 4. The molecule has 0 spiro atoms. The molecule has 1 heterocycles. The quantitative estimate of drug-likeness (QED) is 0.828. The Labute approximate surface area is 117 Å². The normalized spacial score (nSPS) is 28.3. The Bertz CT molecular complexity index is 479. The summed E-state index contributed by atoms with van der Waals surface area (Å²) in [6, 6.07) is 0.930. The summed E-state index contributed by atoms with van der Waals surface area (Å²) in [5.41, 5.74) is -0.0420. The highest BCUT2D eigenvalue weighted by Crippen LogP contribution is 2.38. The van der Waals surface area contributed by atoms with Gasteiger partial charge < -0.3 is 5.32 Å². The number of rotatable bonds is 4. The number of nitrogens with zero attached hydrogens (tertiary/aromatic N) is 2. The topological polar surface area (TPSA) is 62.7 Å². The maximum Gasteiger partial charge on any atom is 0.344 e. The van der Waals surface area contributed by atoms with Crippen molar-refractivity contribution in [1.82, 2.24) is 20.1 Å². The van der Waals surface area contributed by atoms with Crippen LogP contribution in [-0.2, 0) is 0 Å². The van der Waals surface area contributed by atoms with Crippen LogP contribution in [0.4, 0.5) is 0 Å². The molecule has 2 saturated carbocycles. The Hall–Kier alpha value is -0.750. The van der Waals surface area contributed by atoms with Crippen LogP contribution in [0.5, 0.6) is 0 Å². The molecule has 5 nitrogen and oxygen atoms in total. The van der Waals surface area contributed by atoms with Gasteiger partial charge in [0.25, 0.3) is 0 Å². The minimum atomic E-state index is -0.0420. The van der Waals surface area contributed by atoms with Crippen molar-refractivity contribution in [2.24, 2.45) is 0 Å². The van der Waals surface area contributed by atoms with Crippen LogP contribution in [0.3, 0.4) is 0 Å². The Morgan fingerprint density at radius 1 is 1.26 bits per heavy atom. The molecular weight excluding hydrogens is 260 g/mol. The molecule has 0 aromatic carbocycles. The highest BCUT2D eigenvalue weighted by molar-refractivity contribution is 7.99. The van der Waals surface area contributed by atoms with Gasteiger partial charge in [-0.1, -0.05) is 31.0 Å². The molecule has 0 amide bonds. The third-order valence-electron chi connectivity index (χ3n) is 4.16. The lowest BCUT2D eigenvalue weighted by Crippen LogP contribution is -2.35. The molecule has 2 fully saturated rings. The molecule has 19 heavy (non-hydrogen) atoms. The summed E-state index contributed by atoms with van der Waals surface area (Å²) in [5, 5.41) is 11.7. The molecular formula is C13H22N4OS. The fraction of sp³-hybridized carbons (Fsp3) is 0.846. The van der Waals surface area contributed by atoms with Gasteiger partial charge in [0.05, 0.1) is 0 Å². The highest BCUT2D eigenvalue weighted by Gasteiger charge is 2.31. The zero-order valence-corrected chi connectivity index (χ0v) is 12.2. The molecule has 0 radical (unpaired) electrons. The Morgan fingerprint density at radius 3 is 2.79 bits per heavy atom. The van der Waals surface area contributed by atoms with Crippen molar-refractivity contribution in [2.45, 2.75) is 67.4 Å². The molecule has 3 rings (SSSR count). The van der Waals surface area contributed by atoms with E-state index in [1.807, 2.05) is 11.6 Å². The number of hydrogen-bond donors (Lipinski definition) is 2. The van der Waals surface area contributed by atoms with Gasteiger partial charge in [-0.2, -0.15) is 0 Å². The van der Waals surface area contributed by atoms with Crippen LogP contribution in [0.1, 0.15) is 51.0 Å². The van der Waals surface area contributed by atoms with E-state index in [2.05, 4.69) is 15.5 Å². The van der Waals surface area contributed by atoms with Crippen LogP contribution in [0.25, 0.3) is 0 Å². The van der Waals surface area contributed by atoms with Crippen molar-refractivity contribution in [3.05, 3.63) is 10.5 Å². The molecule has 0 aliphatic heterocycles. The second-order valence-electron chi connectivity index (χ2n) is 5.60. The molecule has 2 aliphatic carbocycles. The largest absolute Gasteiger partial charge is 0.344 e. The molecule has 2 aliphatic rings. The van der Waals surface area contributed by atoms with Crippen LogP contribution in [-0.4, -0.2) is 33.1 Å².